The zero-order chi connectivity index (χ0) is 16.1. The minimum Gasteiger partial charge on any atom is -0.493 e. The molecule has 118 valence electrons. The van der Waals surface area contributed by atoms with E-state index in [1.165, 1.54) is 18.4 Å². The number of halogens is 1. The maximum atomic E-state index is 12.2. The number of anilines is 1. The van der Waals surface area contributed by atoms with Gasteiger partial charge in [0.25, 0.3) is 5.91 Å². The summed E-state index contributed by atoms with van der Waals surface area (Å²) >= 11 is 7.57. The predicted molar refractivity (Wildman–Crippen MR) is 88.4 cm³/mol. The van der Waals surface area contributed by atoms with E-state index in [9.17, 15) is 4.79 Å². The molecule has 0 aliphatic carbocycles. The number of carbonyl (C=O) groups is 1. The van der Waals surface area contributed by atoms with Crippen LogP contribution in [-0.4, -0.2) is 24.6 Å². The first-order valence-corrected chi connectivity index (χ1v) is 7.98. The van der Waals surface area contributed by atoms with Gasteiger partial charge in [0.05, 0.1) is 18.7 Å². The van der Waals surface area contributed by atoms with Crippen LogP contribution in [0.15, 0.2) is 23.7 Å². The highest BCUT2D eigenvalue weighted by molar-refractivity contribution is 7.13. The summed E-state index contributed by atoms with van der Waals surface area (Å²) in [6.45, 7) is 4.59. The van der Waals surface area contributed by atoms with Crippen molar-refractivity contribution in [2.75, 3.05) is 19.0 Å². The first kappa shape index (κ1) is 16.6. The fraction of sp³-hybridized carbons (Fsp3) is 0.333. The molecule has 0 radical (unpaired) electrons. The molecule has 1 amide bonds. The molecule has 0 fully saturated rings. The van der Waals surface area contributed by atoms with Gasteiger partial charge in [-0.1, -0.05) is 25.4 Å². The summed E-state index contributed by atoms with van der Waals surface area (Å²) in [6.07, 6.45) is 1.62. The average Bonchev–Trinajstić information content (AvgIpc) is 2.97. The van der Waals surface area contributed by atoms with Gasteiger partial charge in [-0.15, -0.1) is 11.3 Å². The lowest BCUT2D eigenvalue weighted by atomic mass is 10.2. The second-order valence-electron chi connectivity index (χ2n) is 4.99. The van der Waals surface area contributed by atoms with Crippen molar-refractivity contribution in [1.29, 1.82) is 0 Å². The smallest absolute Gasteiger partial charge is 0.257 e. The van der Waals surface area contributed by atoms with Gasteiger partial charge < -0.3 is 9.47 Å². The third-order valence-corrected chi connectivity index (χ3v) is 3.67. The summed E-state index contributed by atoms with van der Waals surface area (Å²) < 4.78 is 10.9. The summed E-state index contributed by atoms with van der Waals surface area (Å²) in [7, 11) is 1.51. The molecule has 0 saturated heterocycles. The molecule has 0 bridgehead atoms. The van der Waals surface area contributed by atoms with Crippen molar-refractivity contribution in [1.82, 2.24) is 4.98 Å². The predicted octanol–water partition coefficient (Wildman–Crippen LogP) is 4.09. The number of nitrogens with zero attached hydrogens (tertiary/aromatic N) is 1. The van der Waals surface area contributed by atoms with Crippen LogP contribution in [0.5, 0.6) is 11.5 Å². The lowest BCUT2D eigenvalue weighted by Gasteiger charge is -2.15. The molecule has 5 nitrogen and oxygen atoms in total. The van der Waals surface area contributed by atoms with Crippen LogP contribution >= 0.6 is 22.9 Å². The minimum atomic E-state index is -0.300. The van der Waals surface area contributed by atoms with Gasteiger partial charge in [0.15, 0.2) is 16.6 Å². The molecular formula is C15H17ClN2O3S. The van der Waals surface area contributed by atoms with E-state index in [-0.39, 0.29) is 5.91 Å². The molecule has 0 saturated carbocycles. The first-order valence-electron chi connectivity index (χ1n) is 6.72. The van der Waals surface area contributed by atoms with Crippen LogP contribution in [0.1, 0.15) is 24.2 Å². The molecule has 0 spiro atoms. The van der Waals surface area contributed by atoms with E-state index in [0.717, 1.165) is 0 Å². The molecule has 0 aliphatic heterocycles. The van der Waals surface area contributed by atoms with Crippen LogP contribution < -0.4 is 14.8 Å². The molecule has 0 aliphatic rings. The lowest BCUT2D eigenvalue weighted by molar-refractivity contribution is 0.102. The zero-order valence-electron chi connectivity index (χ0n) is 12.6. The van der Waals surface area contributed by atoms with Gasteiger partial charge in [0.2, 0.25) is 0 Å². The normalized spacial score (nSPS) is 10.6. The van der Waals surface area contributed by atoms with Gasteiger partial charge in [0, 0.05) is 17.1 Å². The van der Waals surface area contributed by atoms with Gasteiger partial charge >= 0.3 is 0 Å². The maximum absolute atomic E-state index is 12.2. The highest BCUT2D eigenvalue weighted by Crippen LogP contribution is 2.37. The molecule has 1 aromatic carbocycles. The highest BCUT2D eigenvalue weighted by Gasteiger charge is 2.17. The largest absolute Gasteiger partial charge is 0.493 e. The second kappa shape index (κ2) is 7.47. The Labute approximate surface area is 138 Å². The summed E-state index contributed by atoms with van der Waals surface area (Å²) in [4.78, 5) is 16.2. The van der Waals surface area contributed by atoms with Crippen LogP contribution in [0.2, 0.25) is 5.02 Å². The third-order valence-electron chi connectivity index (χ3n) is 2.71. The number of thiazole rings is 1. The molecular weight excluding hydrogens is 324 g/mol. The van der Waals surface area contributed by atoms with E-state index >= 15 is 0 Å². The SMILES string of the molecule is COc1cc(C(=O)Nc2nccs2)cc(Cl)c1OCC(C)C. The van der Waals surface area contributed by atoms with Crippen LogP contribution in [0.25, 0.3) is 0 Å². The lowest BCUT2D eigenvalue weighted by Crippen LogP contribution is -2.12. The van der Waals surface area contributed by atoms with Crippen molar-refractivity contribution < 1.29 is 14.3 Å². The number of amides is 1. The van der Waals surface area contributed by atoms with Gasteiger partial charge in [0.1, 0.15) is 0 Å². The van der Waals surface area contributed by atoms with Crippen LogP contribution in [0.4, 0.5) is 5.13 Å². The van der Waals surface area contributed by atoms with Crippen molar-refractivity contribution in [3.05, 3.63) is 34.3 Å². The van der Waals surface area contributed by atoms with Crippen molar-refractivity contribution in [3.8, 4) is 11.5 Å². The maximum Gasteiger partial charge on any atom is 0.257 e. The summed E-state index contributed by atoms with van der Waals surface area (Å²) in [5.74, 6) is 0.931. The fourth-order valence-corrected chi connectivity index (χ4v) is 2.48. The number of benzene rings is 1. The topological polar surface area (TPSA) is 60.5 Å². The van der Waals surface area contributed by atoms with Crippen molar-refractivity contribution in [3.63, 3.8) is 0 Å². The summed E-state index contributed by atoms with van der Waals surface area (Å²) in [6, 6.07) is 3.16. The molecule has 1 heterocycles. The van der Waals surface area contributed by atoms with Crippen molar-refractivity contribution in [2.45, 2.75) is 13.8 Å². The van der Waals surface area contributed by atoms with E-state index in [4.69, 9.17) is 21.1 Å². The molecule has 1 aromatic heterocycles. The van der Waals surface area contributed by atoms with E-state index in [2.05, 4.69) is 10.3 Å². The number of hydrogen-bond acceptors (Lipinski definition) is 5. The number of ether oxygens (including phenoxy) is 2. The Morgan fingerprint density at radius 3 is 2.82 bits per heavy atom. The molecule has 0 atom stereocenters. The monoisotopic (exact) mass is 340 g/mol. The Hall–Kier alpha value is -1.79. The van der Waals surface area contributed by atoms with Gasteiger partial charge in [-0.2, -0.15) is 0 Å². The Morgan fingerprint density at radius 1 is 1.45 bits per heavy atom. The summed E-state index contributed by atoms with van der Waals surface area (Å²) in [5, 5.41) is 5.35. The fourth-order valence-electron chi connectivity index (χ4n) is 1.70. The van der Waals surface area contributed by atoms with Crippen molar-refractivity contribution >= 4 is 34.0 Å². The molecule has 2 rings (SSSR count). The molecule has 7 heteroatoms. The average molecular weight is 341 g/mol. The molecule has 1 N–H and O–H groups in total. The third kappa shape index (κ3) is 4.11. The van der Waals surface area contributed by atoms with E-state index < -0.39 is 0 Å². The summed E-state index contributed by atoms with van der Waals surface area (Å²) in [5.41, 5.74) is 0.383. The minimum absolute atomic E-state index is 0.300. The number of aromatic nitrogens is 1. The zero-order valence-corrected chi connectivity index (χ0v) is 14.1. The van der Waals surface area contributed by atoms with Crippen LogP contribution in [0, 0.1) is 5.92 Å². The van der Waals surface area contributed by atoms with E-state index in [1.54, 1.807) is 23.7 Å². The number of hydrogen-bond donors (Lipinski definition) is 1. The number of rotatable bonds is 6. The van der Waals surface area contributed by atoms with E-state index in [0.29, 0.717) is 39.7 Å². The Balaban J connectivity index is 2.23. The van der Waals surface area contributed by atoms with Gasteiger partial charge in [-0.3, -0.25) is 10.1 Å². The standard InChI is InChI=1S/C15H17ClN2O3S/c1-9(2)8-21-13-11(16)6-10(7-12(13)20-3)14(19)18-15-17-4-5-22-15/h4-7,9H,8H2,1-3H3,(H,17,18,19). The van der Waals surface area contributed by atoms with E-state index in [1.807, 2.05) is 13.8 Å². The number of methoxy groups -OCH3 is 1. The first-order chi connectivity index (χ1) is 10.5. The second-order valence-corrected chi connectivity index (χ2v) is 6.29. The van der Waals surface area contributed by atoms with Crippen LogP contribution in [-0.2, 0) is 0 Å². The molecule has 0 unspecified atom stereocenters. The quantitative estimate of drug-likeness (QED) is 0.860. The Kier molecular flexibility index (Phi) is 5.63. The van der Waals surface area contributed by atoms with Crippen molar-refractivity contribution in [2.24, 2.45) is 5.92 Å². The van der Waals surface area contributed by atoms with Gasteiger partial charge in [-0.05, 0) is 18.1 Å². The Morgan fingerprint density at radius 2 is 2.23 bits per heavy atom. The Bertz CT molecular complexity index is 644. The number of carbonyl (C=O) groups excluding carboxylic acids is 1. The molecule has 22 heavy (non-hydrogen) atoms. The van der Waals surface area contributed by atoms with Crippen LogP contribution in [0.3, 0.4) is 0 Å². The molecule has 2 aromatic rings. The number of nitrogens with one attached hydrogen (secondary N) is 1. The van der Waals surface area contributed by atoms with Gasteiger partial charge in [-0.25, -0.2) is 4.98 Å². The highest BCUT2D eigenvalue weighted by atomic mass is 35.5.